The van der Waals surface area contributed by atoms with Gasteiger partial charge in [-0.05, 0) is 37.1 Å². The van der Waals surface area contributed by atoms with Gasteiger partial charge in [0.2, 0.25) is 0 Å². The molecule has 2 atom stereocenters. The van der Waals surface area contributed by atoms with E-state index in [2.05, 4.69) is 10.3 Å². The summed E-state index contributed by atoms with van der Waals surface area (Å²) in [6.07, 6.45) is 4.60. The maximum absolute atomic E-state index is 14.3. The smallest absolute Gasteiger partial charge is 0.168 e. The van der Waals surface area contributed by atoms with Gasteiger partial charge in [0, 0.05) is 36.5 Å². The zero-order valence-corrected chi connectivity index (χ0v) is 13.1. The summed E-state index contributed by atoms with van der Waals surface area (Å²) in [5, 5.41) is 3.31. The van der Waals surface area contributed by atoms with E-state index in [1.54, 1.807) is 12.4 Å². The van der Waals surface area contributed by atoms with Crippen molar-refractivity contribution < 1.29 is 13.5 Å². The molecule has 1 fully saturated rings. The van der Waals surface area contributed by atoms with Gasteiger partial charge in [-0.3, -0.25) is 4.98 Å². The summed E-state index contributed by atoms with van der Waals surface area (Å²) in [6.45, 7) is 3.58. The molecule has 1 N–H and O–H groups in total. The Hall–Kier alpha value is -2.01. The quantitative estimate of drug-likeness (QED) is 0.914. The van der Waals surface area contributed by atoms with Crippen molar-refractivity contribution in [3.8, 4) is 5.75 Å². The zero-order valence-electron chi connectivity index (χ0n) is 13.1. The second kappa shape index (κ2) is 7.04. The second-order valence-corrected chi connectivity index (χ2v) is 5.81. The van der Waals surface area contributed by atoms with Crippen LogP contribution in [0.5, 0.6) is 5.75 Å². The number of halogens is 2. The van der Waals surface area contributed by atoms with Crippen molar-refractivity contribution in [2.24, 2.45) is 5.92 Å². The van der Waals surface area contributed by atoms with Gasteiger partial charge in [0.15, 0.2) is 11.6 Å². The molecule has 0 amide bonds. The van der Waals surface area contributed by atoms with E-state index < -0.39 is 11.6 Å². The third-order valence-electron chi connectivity index (χ3n) is 4.25. The Morgan fingerprint density at radius 3 is 2.91 bits per heavy atom. The number of pyridine rings is 1. The molecule has 1 unspecified atom stereocenters. The molecular weight excluding hydrogens is 298 g/mol. The number of hydrogen-bond acceptors (Lipinski definition) is 3. The van der Waals surface area contributed by atoms with Crippen LogP contribution in [0.4, 0.5) is 8.78 Å². The summed E-state index contributed by atoms with van der Waals surface area (Å²) in [5.41, 5.74) is 1.45. The molecule has 1 aliphatic rings. The predicted octanol–water partition coefficient (Wildman–Crippen LogP) is 3.65. The van der Waals surface area contributed by atoms with E-state index >= 15 is 0 Å². The molecule has 5 heteroatoms. The number of ether oxygens (including phenoxy) is 1. The highest BCUT2D eigenvalue weighted by Gasteiger charge is 2.29. The Balaban J connectivity index is 1.96. The molecule has 1 aromatic carbocycles. The predicted molar refractivity (Wildman–Crippen MR) is 84.3 cm³/mol. The first kappa shape index (κ1) is 15.9. The SMILES string of the molecule is CCc1cc(F)cc(F)c1O[C@H](c1cccnc1)C1CCNC1. The number of hydrogen-bond donors (Lipinski definition) is 1. The second-order valence-electron chi connectivity index (χ2n) is 5.81. The highest BCUT2D eigenvalue weighted by Crippen LogP contribution is 2.35. The van der Waals surface area contributed by atoms with Crippen LogP contribution in [0.3, 0.4) is 0 Å². The topological polar surface area (TPSA) is 34.1 Å². The van der Waals surface area contributed by atoms with E-state index in [4.69, 9.17) is 4.74 Å². The van der Waals surface area contributed by atoms with Crippen LogP contribution in [0.1, 0.15) is 30.6 Å². The molecule has 1 aliphatic heterocycles. The van der Waals surface area contributed by atoms with Crippen LogP contribution in [-0.2, 0) is 6.42 Å². The van der Waals surface area contributed by atoms with Crippen LogP contribution in [0.2, 0.25) is 0 Å². The monoisotopic (exact) mass is 318 g/mol. The maximum Gasteiger partial charge on any atom is 0.168 e. The van der Waals surface area contributed by atoms with Crippen LogP contribution in [0.15, 0.2) is 36.7 Å². The van der Waals surface area contributed by atoms with Crippen molar-refractivity contribution in [3.63, 3.8) is 0 Å². The Labute approximate surface area is 134 Å². The van der Waals surface area contributed by atoms with E-state index in [0.29, 0.717) is 12.0 Å². The van der Waals surface area contributed by atoms with E-state index in [-0.39, 0.29) is 17.8 Å². The fraction of sp³-hybridized carbons (Fsp3) is 0.389. The summed E-state index contributed by atoms with van der Waals surface area (Å²) < 4.78 is 33.8. The number of nitrogens with zero attached hydrogens (tertiary/aromatic N) is 1. The van der Waals surface area contributed by atoms with E-state index in [0.717, 1.165) is 31.1 Å². The fourth-order valence-corrected chi connectivity index (χ4v) is 3.05. The molecule has 0 bridgehead atoms. The Kier molecular flexibility index (Phi) is 4.86. The molecule has 0 saturated carbocycles. The minimum absolute atomic E-state index is 0.148. The van der Waals surface area contributed by atoms with Gasteiger partial charge in [-0.15, -0.1) is 0 Å². The summed E-state index contributed by atoms with van der Waals surface area (Å²) in [5.74, 6) is -0.850. The minimum atomic E-state index is -0.651. The normalized spacial score (nSPS) is 18.8. The molecule has 2 heterocycles. The average molecular weight is 318 g/mol. The molecule has 0 radical (unpaired) electrons. The zero-order chi connectivity index (χ0) is 16.2. The molecule has 0 spiro atoms. The van der Waals surface area contributed by atoms with Gasteiger partial charge in [-0.25, -0.2) is 8.78 Å². The maximum atomic E-state index is 14.3. The fourth-order valence-electron chi connectivity index (χ4n) is 3.05. The number of rotatable bonds is 5. The molecule has 23 heavy (non-hydrogen) atoms. The van der Waals surface area contributed by atoms with E-state index in [1.807, 2.05) is 19.1 Å². The van der Waals surface area contributed by atoms with Crippen molar-refractivity contribution >= 4 is 0 Å². The van der Waals surface area contributed by atoms with Crippen LogP contribution >= 0.6 is 0 Å². The Bertz CT molecular complexity index is 658. The van der Waals surface area contributed by atoms with Crippen LogP contribution in [0, 0.1) is 17.6 Å². The van der Waals surface area contributed by atoms with E-state index in [1.165, 1.54) is 6.07 Å². The van der Waals surface area contributed by atoms with Crippen molar-refractivity contribution in [2.45, 2.75) is 25.9 Å². The summed E-state index contributed by atoms with van der Waals surface area (Å²) in [4.78, 5) is 4.14. The standard InChI is InChI=1S/C18H20F2N2O/c1-2-12-8-15(19)9-16(20)18(12)23-17(14-5-7-22-11-14)13-4-3-6-21-10-13/h3-4,6,8-10,14,17,22H,2,5,7,11H2,1H3/t14?,17-/m1/s1. The molecule has 1 aromatic heterocycles. The Morgan fingerprint density at radius 2 is 2.26 bits per heavy atom. The summed E-state index contributed by atoms with van der Waals surface area (Å²) in [6, 6.07) is 5.99. The highest BCUT2D eigenvalue weighted by molar-refractivity contribution is 5.36. The number of aromatic nitrogens is 1. The van der Waals surface area contributed by atoms with Gasteiger partial charge in [0.25, 0.3) is 0 Å². The van der Waals surface area contributed by atoms with Crippen molar-refractivity contribution in [1.29, 1.82) is 0 Å². The van der Waals surface area contributed by atoms with Crippen molar-refractivity contribution in [1.82, 2.24) is 10.3 Å². The van der Waals surface area contributed by atoms with Gasteiger partial charge in [0.05, 0.1) is 0 Å². The van der Waals surface area contributed by atoms with Crippen LogP contribution in [0.25, 0.3) is 0 Å². The van der Waals surface area contributed by atoms with Crippen molar-refractivity contribution in [2.75, 3.05) is 13.1 Å². The summed E-state index contributed by atoms with van der Waals surface area (Å²) >= 11 is 0. The van der Waals surface area contributed by atoms with Gasteiger partial charge >= 0.3 is 0 Å². The lowest BCUT2D eigenvalue weighted by Gasteiger charge is -2.26. The molecular formula is C18H20F2N2O. The van der Waals surface area contributed by atoms with Gasteiger partial charge in [-0.2, -0.15) is 0 Å². The summed E-state index contributed by atoms with van der Waals surface area (Å²) in [7, 11) is 0. The van der Waals surface area contributed by atoms with Gasteiger partial charge in [-0.1, -0.05) is 13.0 Å². The average Bonchev–Trinajstić information content (AvgIpc) is 3.08. The molecule has 1 saturated heterocycles. The molecule has 3 rings (SSSR count). The third kappa shape index (κ3) is 3.50. The van der Waals surface area contributed by atoms with Crippen molar-refractivity contribution in [3.05, 3.63) is 59.4 Å². The molecule has 0 aliphatic carbocycles. The lowest BCUT2D eigenvalue weighted by atomic mass is 9.95. The number of aryl methyl sites for hydroxylation is 1. The highest BCUT2D eigenvalue weighted by atomic mass is 19.1. The first-order valence-electron chi connectivity index (χ1n) is 7.94. The number of benzene rings is 1. The Morgan fingerprint density at radius 1 is 1.39 bits per heavy atom. The lowest BCUT2D eigenvalue weighted by Crippen LogP contribution is -2.22. The largest absolute Gasteiger partial charge is 0.482 e. The van der Waals surface area contributed by atoms with Crippen LogP contribution in [-0.4, -0.2) is 18.1 Å². The van der Waals surface area contributed by atoms with E-state index in [9.17, 15) is 8.78 Å². The lowest BCUT2D eigenvalue weighted by molar-refractivity contribution is 0.136. The number of nitrogens with one attached hydrogen (secondary N) is 1. The minimum Gasteiger partial charge on any atom is -0.482 e. The van der Waals surface area contributed by atoms with Gasteiger partial charge < -0.3 is 10.1 Å². The third-order valence-corrected chi connectivity index (χ3v) is 4.25. The first-order valence-corrected chi connectivity index (χ1v) is 7.94. The molecule has 3 nitrogen and oxygen atoms in total. The van der Waals surface area contributed by atoms with Gasteiger partial charge in [0.1, 0.15) is 11.9 Å². The molecule has 2 aromatic rings. The first-order chi connectivity index (χ1) is 11.2. The molecule has 122 valence electrons. The van der Waals surface area contributed by atoms with Crippen LogP contribution < -0.4 is 10.1 Å².